The molecule has 0 amide bonds. The van der Waals surface area contributed by atoms with Gasteiger partial charge in [0, 0.05) is 17.9 Å². The van der Waals surface area contributed by atoms with Crippen molar-refractivity contribution in [3.63, 3.8) is 0 Å². The van der Waals surface area contributed by atoms with Gasteiger partial charge in [0.15, 0.2) is 0 Å². The van der Waals surface area contributed by atoms with Crippen LogP contribution in [0.25, 0.3) is 0 Å². The summed E-state index contributed by atoms with van der Waals surface area (Å²) in [6.45, 7) is 24.5. The average Bonchev–Trinajstić information content (AvgIpc) is 2.94. The molecule has 0 aromatic heterocycles. The van der Waals surface area contributed by atoms with E-state index in [0.29, 0.717) is 36.5 Å². The van der Waals surface area contributed by atoms with Crippen molar-refractivity contribution in [1.82, 2.24) is 0 Å². The summed E-state index contributed by atoms with van der Waals surface area (Å²) in [5.74, 6) is 4.55. The number of ether oxygens (including phenoxy) is 2. The summed E-state index contributed by atoms with van der Waals surface area (Å²) >= 11 is 0. The third-order valence-corrected chi connectivity index (χ3v) is 10.8. The molecule has 9 unspecified atom stereocenters. The number of fused-ring (bicyclic) bond motifs is 5. The Bertz CT molecular complexity index is 739. The summed E-state index contributed by atoms with van der Waals surface area (Å²) in [4.78, 5) is 8.36. The summed E-state index contributed by atoms with van der Waals surface area (Å²) in [7, 11) is 0. The number of rotatable bonds is 8. The topological polar surface area (TPSA) is 81.8 Å². The van der Waals surface area contributed by atoms with Crippen LogP contribution in [0.15, 0.2) is 11.6 Å². The van der Waals surface area contributed by atoms with Gasteiger partial charge < -0.3 is 20.3 Å². The largest absolute Gasteiger partial charge is 0.483 e. The van der Waals surface area contributed by atoms with E-state index >= 15 is 0 Å². The van der Waals surface area contributed by atoms with Gasteiger partial charge in [0.05, 0.1) is 25.4 Å². The van der Waals surface area contributed by atoms with E-state index in [-0.39, 0.29) is 18.0 Å². The molecule has 5 heteroatoms. The summed E-state index contributed by atoms with van der Waals surface area (Å²) in [6, 6.07) is 0. The molecule has 236 valence electrons. The Morgan fingerprint density at radius 2 is 1.82 bits per heavy atom. The number of hydrogen-bond acceptors (Lipinski definition) is 4. The molecule has 3 N–H and O–H groups in total. The highest BCUT2D eigenvalue weighted by atomic mass is 16.5. The first-order valence-electron chi connectivity index (χ1n) is 16.9. The fourth-order valence-electron chi connectivity index (χ4n) is 8.95. The first kappa shape index (κ1) is 37.1. The first-order chi connectivity index (χ1) is 19.2. The molecule has 9 atom stereocenters. The van der Waals surface area contributed by atoms with Gasteiger partial charge in [0.1, 0.15) is 0 Å². The van der Waals surface area contributed by atoms with E-state index in [0.717, 1.165) is 43.1 Å². The van der Waals surface area contributed by atoms with Crippen molar-refractivity contribution in [2.45, 2.75) is 139 Å². The molecule has 0 bridgehead atoms. The van der Waals surface area contributed by atoms with Crippen molar-refractivity contribution < 1.29 is 19.4 Å². The molecule has 0 aromatic carbocycles. The lowest BCUT2D eigenvalue weighted by Gasteiger charge is -2.63. The zero-order valence-electron chi connectivity index (χ0n) is 28.0. The van der Waals surface area contributed by atoms with Crippen molar-refractivity contribution >= 4 is 6.47 Å². The van der Waals surface area contributed by atoms with E-state index in [4.69, 9.17) is 25.1 Å². The molecule has 2 saturated carbocycles. The van der Waals surface area contributed by atoms with Crippen LogP contribution >= 0.6 is 0 Å². The van der Waals surface area contributed by atoms with Gasteiger partial charge in [-0.3, -0.25) is 4.79 Å². The normalized spacial score (nSPS) is 36.9. The Morgan fingerprint density at radius 1 is 1.18 bits per heavy atom. The molecule has 1 aliphatic heterocycles. The minimum atomic E-state index is -0.250. The van der Waals surface area contributed by atoms with E-state index < -0.39 is 0 Å². The van der Waals surface area contributed by atoms with Crippen molar-refractivity contribution in [3.8, 4) is 0 Å². The lowest BCUT2D eigenvalue weighted by molar-refractivity contribution is -0.177. The highest BCUT2D eigenvalue weighted by Crippen LogP contribution is 2.65. The van der Waals surface area contributed by atoms with Crippen LogP contribution in [0, 0.1) is 46.3 Å². The van der Waals surface area contributed by atoms with Gasteiger partial charge in [-0.05, 0) is 93.3 Å². The van der Waals surface area contributed by atoms with Gasteiger partial charge in [-0.15, -0.1) is 0 Å². The Hall–Kier alpha value is -0.910. The lowest BCUT2D eigenvalue weighted by atomic mass is 9.44. The van der Waals surface area contributed by atoms with E-state index in [1.165, 1.54) is 44.9 Å². The summed E-state index contributed by atoms with van der Waals surface area (Å²) in [5, 5.41) is 6.89. The molecule has 40 heavy (non-hydrogen) atoms. The maximum atomic E-state index is 8.36. The maximum absolute atomic E-state index is 8.36. The van der Waals surface area contributed by atoms with E-state index in [9.17, 15) is 0 Å². The fraction of sp³-hybridized carbons (Fsp3) is 0.914. The second kappa shape index (κ2) is 17.9. The number of carbonyl (C=O) groups is 1. The van der Waals surface area contributed by atoms with E-state index in [1.54, 1.807) is 5.57 Å². The van der Waals surface area contributed by atoms with Crippen LogP contribution in [0.4, 0.5) is 0 Å². The van der Waals surface area contributed by atoms with Crippen molar-refractivity contribution in [1.29, 1.82) is 0 Å². The monoisotopic (exact) mass is 566 g/mol. The summed E-state index contributed by atoms with van der Waals surface area (Å²) < 4.78 is 13.0. The number of allylic oxidation sites excluding steroid dienone is 1. The maximum Gasteiger partial charge on any atom is 0.290 e. The van der Waals surface area contributed by atoms with Crippen molar-refractivity contribution in [2.24, 2.45) is 52.1 Å². The van der Waals surface area contributed by atoms with E-state index in [1.807, 2.05) is 27.7 Å². The zero-order valence-corrected chi connectivity index (χ0v) is 28.0. The Kier molecular flexibility index (Phi) is 16.6. The van der Waals surface area contributed by atoms with Crippen LogP contribution < -0.4 is 5.73 Å². The standard InChI is InChI=1S/C30H53NO2.2C2H6.CH2O2/c1-7-8-28(32-16-15-31)24-19-33-21(4)30(6)25(24)11-12-26-27(30)10-9-23-18-22(17-20(2)3)13-14-29(23,26)5;2*1-2;2-1-3/h10,20-26,28H,7-9,11-19,31H2,1-6H3;2*1-2H3;1H,(H,2,3). The van der Waals surface area contributed by atoms with Gasteiger partial charge in [-0.1, -0.05) is 80.4 Å². The highest BCUT2D eigenvalue weighted by molar-refractivity contribution is 5.32. The van der Waals surface area contributed by atoms with Crippen molar-refractivity contribution in [2.75, 3.05) is 19.8 Å². The zero-order chi connectivity index (χ0) is 30.5. The quantitative estimate of drug-likeness (QED) is 0.227. The second-order valence-corrected chi connectivity index (χ2v) is 13.1. The van der Waals surface area contributed by atoms with Crippen molar-refractivity contribution in [3.05, 3.63) is 11.6 Å². The minimum absolute atomic E-state index is 0.145. The molecular formula is C35H67NO4. The van der Waals surface area contributed by atoms with Gasteiger partial charge in [-0.25, -0.2) is 0 Å². The molecule has 4 aliphatic rings. The van der Waals surface area contributed by atoms with Crippen LogP contribution in [0.5, 0.6) is 0 Å². The molecule has 1 heterocycles. The highest BCUT2D eigenvalue weighted by Gasteiger charge is 2.60. The second-order valence-electron chi connectivity index (χ2n) is 13.1. The third-order valence-electron chi connectivity index (χ3n) is 10.8. The third kappa shape index (κ3) is 8.13. The van der Waals surface area contributed by atoms with Gasteiger partial charge in [0.2, 0.25) is 0 Å². The molecule has 3 fully saturated rings. The van der Waals surface area contributed by atoms with Crippen LogP contribution in [0.2, 0.25) is 0 Å². The van der Waals surface area contributed by atoms with Crippen LogP contribution in [-0.2, 0) is 14.3 Å². The smallest absolute Gasteiger partial charge is 0.290 e. The molecule has 1 saturated heterocycles. The number of nitrogens with two attached hydrogens (primary N) is 1. The molecular weight excluding hydrogens is 498 g/mol. The molecule has 0 aromatic rings. The Morgan fingerprint density at radius 3 is 2.40 bits per heavy atom. The van der Waals surface area contributed by atoms with Crippen LogP contribution in [0.3, 0.4) is 0 Å². The van der Waals surface area contributed by atoms with Crippen LogP contribution in [0.1, 0.15) is 127 Å². The van der Waals surface area contributed by atoms with Crippen LogP contribution in [-0.4, -0.2) is 43.5 Å². The molecule has 3 aliphatic carbocycles. The minimum Gasteiger partial charge on any atom is -0.483 e. The Balaban J connectivity index is 0.00000105. The van der Waals surface area contributed by atoms with Gasteiger partial charge in [0.25, 0.3) is 6.47 Å². The molecule has 0 spiro atoms. The lowest BCUT2D eigenvalue weighted by Crippen LogP contribution is -2.59. The van der Waals surface area contributed by atoms with E-state index in [2.05, 4.69) is 47.6 Å². The molecule has 4 rings (SSSR count). The van der Waals surface area contributed by atoms with Gasteiger partial charge in [-0.2, -0.15) is 0 Å². The SMILES string of the molecule is CC.CC.CCCC(OCCN)C1COC(C)C2(C)C3=CCC4CC(CC(C)C)CCC4(C)C3CCC12.O=CO. The summed E-state index contributed by atoms with van der Waals surface area (Å²) in [6.07, 6.45) is 15.3. The Labute approximate surface area is 248 Å². The average molecular weight is 566 g/mol. The molecule has 5 nitrogen and oxygen atoms in total. The van der Waals surface area contributed by atoms with Gasteiger partial charge >= 0.3 is 0 Å². The predicted octanol–water partition coefficient (Wildman–Crippen LogP) is 8.75. The number of carboxylic acid groups (broad SMARTS) is 1. The number of hydrogen-bond donors (Lipinski definition) is 2. The molecule has 0 radical (unpaired) electrons. The fourth-order valence-corrected chi connectivity index (χ4v) is 8.95. The first-order valence-corrected chi connectivity index (χ1v) is 16.9. The predicted molar refractivity (Wildman–Crippen MR) is 169 cm³/mol. The summed E-state index contributed by atoms with van der Waals surface area (Å²) in [5.41, 5.74) is 8.22.